The Bertz CT molecular complexity index is 527. The van der Waals surface area contributed by atoms with Crippen molar-refractivity contribution in [2.75, 3.05) is 14.2 Å². The van der Waals surface area contributed by atoms with Gasteiger partial charge in [0.25, 0.3) is 0 Å². The van der Waals surface area contributed by atoms with Crippen LogP contribution in [-0.4, -0.2) is 23.7 Å². The molecule has 19 heavy (non-hydrogen) atoms. The zero-order valence-corrected chi connectivity index (χ0v) is 13.4. The van der Waals surface area contributed by atoms with Crippen LogP contribution < -0.4 is 19.8 Å². The van der Waals surface area contributed by atoms with Crippen molar-refractivity contribution in [3.05, 3.63) is 47.5 Å². The lowest BCUT2D eigenvalue weighted by Gasteiger charge is -2.11. The predicted molar refractivity (Wildman–Crippen MR) is 83.3 cm³/mol. The maximum absolute atomic E-state index is 5.25. The predicted octanol–water partition coefficient (Wildman–Crippen LogP) is 1.44. The minimum absolute atomic E-state index is 0.450. The fraction of sp³-hybridized carbons (Fsp3) is 0.250. The van der Waals surface area contributed by atoms with Crippen molar-refractivity contribution in [1.29, 1.82) is 0 Å². The third-order valence-corrected chi connectivity index (χ3v) is 5.83. The average molecular weight is 272 g/mol. The molecule has 0 amide bonds. The van der Waals surface area contributed by atoms with Gasteiger partial charge in [-0.15, -0.1) is 0 Å². The SMILES string of the molecule is COc1ccc([SiH2]c2ccc(OC)cc2C)c(C)c1. The third kappa shape index (κ3) is 3.18. The number of aryl methyl sites for hydroxylation is 2. The van der Waals surface area contributed by atoms with Crippen LogP contribution in [0, 0.1) is 13.8 Å². The molecule has 2 aromatic carbocycles. The summed E-state index contributed by atoms with van der Waals surface area (Å²) in [5, 5.41) is 2.93. The molecule has 0 saturated carbocycles. The van der Waals surface area contributed by atoms with Crippen LogP contribution >= 0.6 is 0 Å². The molecular formula is C16H20O2Si. The molecule has 0 saturated heterocycles. The van der Waals surface area contributed by atoms with Crippen LogP contribution in [0.25, 0.3) is 0 Å². The summed E-state index contributed by atoms with van der Waals surface area (Å²) in [4.78, 5) is 0. The van der Waals surface area contributed by atoms with Crippen molar-refractivity contribution in [2.45, 2.75) is 13.8 Å². The maximum Gasteiger partial charge on any atom is 0.119 e. The second-order valence-corrected chi connectivity index (χ2v) is 6.64. The van der Waals surface area contributed by atoms with Crippen molar-refractivity contribution in [3.8, 4) is 11.5 Å². The largest absolute Gasteiger partial charge is 0.497 e. The van der Waals surface area contributed by atoms with Gasteiger partial charge in [-0.2, -0.15) is 0 Å². The minimum atomic E-state index is -0.450. The van der Waals surface area contributed by atoms with Gasteiger partial charge in [-0.05, 0) is 49.2 Å². The van der Waals surface area contributed by atoms with E-state index in [1.54, 1.807) is 14.2 Å². The van der Waals surface area contributed by atoms with Gasteiger partial charge in [0.15, 0.2) is 0 Å². The van der Waals surface area contributed by atoms with Gasteiger partial charge in [0.2, 0.25) is 0 Å². The molecule has 0 bridgehead atoms. The average Bonchev–Trinajstić information content (AvgIpc) is 2.42. The van der Waals surface area contributed by atoms with Gasteiger partial charge < -0.3 is 9.47 Å². The molecule has 2 nitrogen and oxygen atoms in total. The Morgan fingerprint density at radius 2 is 1.16 bits per heavy atom. The second kappa shape index (κ2) is 5.93. The Morgan fingerprint density at radius 3 is 1.47 bits per heavy atom. The first-order valence-electron chi connectivity index (χ1n) is 6.41. The summed E-state index contributed by atoms with van der Waals surface area (Å²) < 4.78 is 10.5. The first kappa shape index (κ1) is 13.7. The fourth-order valence-electron chi connectivity index (χ4n) is 2.19. The van der Waals surface area contributed by atoms with Crippen molar-refractivity contribution in [2.24, 2.45) is 0 Å². The fourth-order valence-corrected chi connectivity index (χ4v) is 3.84. The Kier molecular flexibility index (Phi) is 4.27. The molecule has 2 aromatic rings. The molecule has 0 heterocycles. The Hall–Kier alpha value is -1.74. The topological polar surface area (TPSA) is 18.5 Å². The molecule has 0 unspecified atom stereocenters. The van der Waals surface area contributed by atoms with E-state index in [0.29, 0.717) is 0 Å². The Morgan fingerprint density at radius 1 is 0.737 bits per heavy atom. The van der Waals surface area contributed by atoms with Gasteiger partial charge in [0.1, 0.15) is 11.5 Å². The van der Waals surface area contributed by atoms with Crippen molar-refractivity contribution in [1.82, 2.24) is 0 Å². The summed E-state index contributed by atoms with van der Waals surface area (Å²) in [5.74, 6) is 1.86. The lowest BCUT2D eigenvalue weighted by atomic mass is 10.2. The van der Waals surface area contributed by atoms with Crippen LogP contribution in [0.3, 0.4) is 0 Å². The number of ether oxygens (including phenoxy) is 2. The van der Waals surface area contributed by atoms with Crippen molar-refractivity contribution >= 4 is 19.9 Å². The highest BCUT2D eigenvalue weighted by atomic mass is 28.2. The number of hydrogen-bond acceptors (Lipinski definition) is 2. The standard InChI is InChI=1S/C16H20O2Si/c1-11-9-13(17-3)5-7-15(11)19-16-8-6-14(18-4)10-12(16)2/h5-10H,19H2,1-4H3. The van der Waals surface area contributed by atoms with Gasteiger partial charge in [-0.25, -0.2) is 0 Å². The number of methoxy groups -OCH3 is 2. The summed E-state index contributed by atoms with van der Waals surface area (Å²) in [5.41, 5.74) is 2.64. The van der Waals surface area contributed by atoms with Crippen LogP contribution in [0.1, 0.15) is 11.1 Å². The van der Waals surface area contributed by atoms with Crippen LogP contribution in [0.5, 0.6) is 11.5 Å². The highest BCUT2D eigenvalue weighted by Crippen LogP contribution is 2.12. The van der Waals surface area contributed by atoms with E-state index in [9.17, 15) is 0 Å². The van der Waals surface area contributed by atoms with Crippen LogP contribution in [0.2, 0.25) is 0 Å². The summed E-state index contributed by atoms with van der Waals surface area (Å²) in [6.45, 7) is 4.31. The Labute approximate surface area is 117 Å². The van der Waals surface area contributed by atoms with Gasteiger partial charge in [0, 0.05) is 0 Å². The zero-order valence-electron chi connectivity index (χ0n) is 12.0. The normalized spacial score (nSPS) is 10.3. The van der Waals surface area contributed by atoms with E-state index in [0.717, 1.165) is 11.5 Å². The molecule has 0 aliphatic rings. The third-order valence-electron chi connectivity index (χ3n) is 3.48. The van der Waals surface area contributed by atoms with E-state index in [1.165, 1.54) is 21.5 Å². The summed E-state index contributed by atoms with van der Waals surface area (Å²) >= 11 is 0. The van der Waals surface area contributed by atoms with Gasteiger partial charge >= 0.3 is 0 Å². The molecule has 0 fully saturated rings. The summed E-state index contributed by atoms with van der Waals surface area (Å²) in [6, 6.07) is 12.7. The first-order chi connectivity index (χ1) is 9.13. The molecule has 0 spiro atoms. The summed E-state index contributed by atoms with van der Waals surface area (Å²) in [6.07, 6.45) is 0. The molecule has 0 aliphatic carbocycles. The number of hydrogen-bond donors (Lipinski definition) is 0. The molecule has 100 valence electrons. The lowest BCUT2D eigenvalue weighted by Crippen LogP contribution is -2.30. The Balaban J connectivity index is 2.26. The molecule has 3 heteroatoms. The first-order valence-corrected chi connectivity index (χ1v) is 7.82. The number of benzene rings is 2. The van der Waals surface area contributed by atoms with E-state index in [2.05, 4.69) is 38.1 Å². The molecule has 0 aliphatic heterocycles. The van der Waals surface area contributed by atoms with E-state index in [4.69, 9.17) is 9.47 Å². The summed E-state index contributed by atoms with van der Waals surface area (Å²) in [7, 11) is 2.97. The van der Waals surface area contributed by atoms with E-state index < -0.39 is 9.52 Å². The molecule has 0 radical (unpaired) electrons. The molecule has 0 aromatic heterocycles. The van der Waals surface area contributed by atoms with E-state index >= 15 is 0 Å². The molecule has 2 rings (SSSR count). The zero-order chi connectivity index (χ0) is 13.8. The minimum Gasteiger partial charge on any atom is -0.497 e. The lowest BCUT2D eigenvalue weighted by molar-refractivity contribution is 0.414. The van der Waals surface area contributed by atoms with Crippen LogP contribution in [0.15, 0.2) is 36.4 Å². The molecular weight excluding hydrogens is 252 g/mol. The number of rotatable bonds is 4. The highest BCUT2D eigenvalue weighted by Gasteiger charge is 2.06. The molecule has 0 N–H and O–H groups in total. The van der Waals surface area contributed by atoms with Crippen LogP contribution in [0.4, 0.5) is 0 Å². The van der Waals surface area contributed by atoms with Crippen molar-refractivity contribution in [3.63, 3.8) is 0 Å². The monoisotopic (exact) mass is 272 g/mol. The smallest absolute Gasteiger partial charge is 0.119 e. The van der Waals surface area contributed by atoms with Gasteiger partial charge in [0.05, 0.1) is 23.7 Å². The van der Waals surface area contributed by atoms with Crippen LogP contribution in [-0.2, 0) is 0 Å². The van der Waals surface area contributed by atoms with Gasteiger partial charge in [-0.3, -0.25) is 0 Å². The van der Waals surface area contributed by atoms with Crippen molar-refractivity contribution < 1.29 is 9.47 Å². The quantitative estimate of drug-likeness (QED) is 0.784. The second-order valence-electron chi connectivity index (χ2n) is 4.76. The van der Waals surface area contributed by atoms with E-state index in [1.807, 2.05) is 12.1 Å². The van der Waals surface area contributed by atoms with E-state index in [-0.39, 0.29) is 0 Å². The van der Waals surface area contributed by atoms with Gasteiger partial charge in [-0.1, -0.05) is 22.5 Å². The maximum atomic E-state index is 5.25. The molecule has 0 atom stereocenters. The highest BCUT2D eigenvalue weighted by molar-refractivity contribution is 6.68.